The van der Waals surface area contributed by atoms with E-state index in [-0.39, 0.29) is 0 Å². The van der Waals surface area contributed by atoms with Crippen molar-refractivity contribution >= 4 is 22.6 Å². The van der Waals surface area contributed by atoms with E-state index in [9.17, 15) is 4.79 Å². The lowest BCUT2D eigenvalue weighted by Gasteiger charge is -2.06. The van der Waals surface area contributed by atoms with Gasteiger partial charge >= 0.3 is 0 Å². The molecule has 0 atom stereocenters. The third-order valence-corrected chi connectivity index (χ3v) is 4.16. The highest BCUT2D eigenvalue weighted by Crippen LogP contribution is 2.32. The van der Waals surface area contributed by atoms with Gasteiger partial charge in [0.15, 0.2) is 6.29 Å². The maximum Gasteiger partial charge on any atom is 0.167 e. The van der Waals surface area contributed by atoms with Crippen molar-refractivity contribution in [3.05, 3.63) is 78.1 Å². The zero-order valence-corrected chi connectivity index (χ0v) is 12.3. The number of benzene rings is 2. The van der Waals surface area contributed by atoms with Crippen molar-refractivity contribution in [1.29, 1.82) is 0 Å². The van der Waals surface area contributed by atoms with Gasteiger partial charge in [0.1, 0.15) is 0 Å². The summed E-state index contributed by atoms with van der Waals surface area (Å²) in [5.74, 6) is 0. The lowest BCUT2D eigenvalue weighted by atomic mass is 9.98. The van der Waals surface area contributed by atoms with Gasteiger partial charge in [-0.25, -0.2) is 0 Å². The number of aromatic nitrogens is 1. The Bertz CT molecular complexity index is 1010. The number of carbonyl (C=O) groups excluding carboxylic acids is 1. The van der Waals surface area contributed by atoms with Crippen molar-refractivity contribution in [2.24, 2.45) is 0 Å². The quantitative estimate of drug-likeness (QED) is 0.481. The highest BCUT2D eigenvalue weighted by molar-refractivity contribution is 6.01. The molecular formula is C20H15NO. The van der Waals surface area contributed by atoms with Crippen molar-refractivity contribution in [2.75, 3.05) is 0 Å². The summed E-state index contributed by atoms with van der Waals surface area (Å²) >= 11 is 0. The third-order valence-electron chi connectivity index (χ3n) is 4.16. The fraction of sp³-hybridized carbons (Fsp3) is 0.0500. The van der Waals surface area contributed by atoms with Gasteiger partial charge in [0.05, 0.1) is 5.69 Å². The highest BCUT2D eigenvalue weighted by atomic mass is 16.1. The lowest BCUT2D eigenvalue weighted by molar-refractivity contribution is 0.111. The topological polar surface area (TPSA) is 21.5 Å². The van der Waals surface area contributed by atoms with E-state index in [1.807, 2.05) is 34.9 Å². The number of carbonyl (C=O) groups is 1. The lowest BCUT2D eigenvalue weighted by Crippen LogP contribution is -1.92. The molecule has 2 heteroatoms. The molecule has 2 heterocycles. The van der Waals surface area contributed by atoms with Crippen molar-refractivity contribution in [3.63, 3.8) is 0 Å². The molecule has 2 aromatic carbocycles. The molecule has 22 heavy (non-hydrogen) atoms. The zero-order valence-electron chi connectivity index (χ0n) is 12.3. The molecule has 4 rings (SSSR count). The van der Waals surface area contributed by atoms with Crippen LogP contribution in [0.2, 0.25) is 0 Å². The smallest absolute Gasteiger partial charge is 0.167 e. The van der Waals surface area contributed by atoms with E-state index in [0.717, 1.165) is 22.9 Å². The summed E-state index contributed by atoms with van der Waals surface area (Å²) in [6, 6.07) is 20.7. The van der Waals surface area contributed by atoms with Crippen LogP contribution in [-0.2, 0) is 0 Å². The first kappa shape index (κ1) is 12.8. The van der Waals surface area contributed by atoms with E-state index in [1.165, 1.54) is 16.3 Å². The van der Waals surface area contributed by atoms with Crippen LogP contribution in [0.4, 0.5) is 0 Å². The van der Waals surface area contributed by atoms with Gasteiger partial charge in [-0.2, -0.15) is 0 Å². The molecule has 0 aliphatic carbocycles. The Balaban J connectivity index is 2.10. The van der Waals surface area contributed by atoms with Gasteiger partial charge < -0.3 is 4.40 Å². The average Bonchev–Trinajstić information content (AvgIpc) is 2.91. The molecule has 0 amide bonds. The molecule has 0 aliphatic heterocycles. The minimum Gasteiger partial charge on any atom is -0.314 e. The molecule has 106 valence electrons. The van der Waals surface area contributed by atoms with Crippen LogP contribution in [0, 0.1) is 6.92 Å². The van der Waals surface area contributed by atoms with E-state index in [4.69, 9.17) is 0 Å². The first-order valence-corrected chi connectivity index (χ1v) is 7.33. The van der Waals surface area contributed by atoms with Crippen LogP contribution in [0.3, 0.4) is 0 Å². The van der Waals surface area contributed by atoms with Crippen molar-refractivity contribution < 1.29 is 4.79 Å². The van der Waals surface area contributed by atoms with Gasteiger partial charge in [-0.15, -0.1) is 0 Å². The van der Waals surface area contributed by atoms with E-state index in [2.05, 4.69) is 43.3 Å². The van der Waals surface area contributed by atoms with Crippen molar-refractivity contribution in [3.8, 4) is 11.1 Å². The first-order chi connectivity index (χ1) is 10.8. The third kappa shape index (κ3) is 1.85. The molecular weight excluding hydrogens is 270 g/mol. The first-order valence-electron chi connectivity index (χ1n) is 7.33. The predicted octanol–water partition coefficient (Wildman–Crippen LogP) is 4.88. The Labute approximate surface area is 128 Å². The molecule has 0 unspecified atom stereocenters. The Morgan fingerprint density at radius 2 is 1.73 bits per heavy atom. The van der Waals surface area contributed by atoms with Crippen molar-refractivity contribution in [1.82, 2.24) is 4.40 Å². The van der Waals surface area contributed by atoms with Gasteiger partial charge in [-0.3, -0.25) is 4.79 Å². The summed E-state index contributed by atoms with van der Waals surface area (Å²) in [4.78, 5) is 11.7. The van der Waals surface area contributed by atoms with Gasteiger partial charge in [-0.05, 0) is 47.0 Å². The Morgan fingerprint density at radius 3 is 2.59 bits per heavy atom. The largest absolute Gasteiger partial charge is 0.314 e. The second kappa shape index (κ2) is 4.85. The maximum atomic E-state index is 11.7. The number of aldehydes is 1. The van der Waals surface area contributed by atoms with E-state index < -0.39 is 0 Å². The number of fused-ring (bicyclic) bond motifs is 2. The van der Waals surface area contributed by atoms with Gasteiger partial charge in [0.2, 0.25) is 0 Å². The Morgan fingerprint density at radius 1 is 0.909 bits per heavy atom. The number of hydrogen-bond acceptors (Lipinski definition) is 1. The van der Waals surface area contributed by atoms with Crippen LogP contribution in [0.25, 0.3) is 27.4 Å². The van der Waals surface area contributed by atoms with Crippen molar-refractivity contribution in [2.45, 2.75) is 6.92 Å². The molecule has 4 aromatic rings. The van der Waals surface area contributed by atoms with Gasteiger partial charge in [0, 0.05) is 17.3 Å². The molecule has 0 saturated heterocycles. The summed E-state index contributed by atoms with van der Waals surface area (Å²) in [6.07, 6.45) is 2.91. The van der Waals surface area contributed by atoms with E-state index in [0.29, 0.717) is 5.69 Å². The Kier molecular flexibility index (Phi) is 2.83. The molecule has 2 nitrogen and oxygen atoms in total. The molecule has 0 N–H and O–H groups in total. The summed E-state index contributed by atoms with van der Waals surface area (Å²) in [5, 5.41) is 2.35. The second-order valence-corrected chi connectivity index (χ2v) is 5.59. The van der Waals surface area contributed by atoms with Gasteiger partial charge in [-0.1, -0.05) is 42.5 Å². The number of rotatable bonds is 2. The van der Waals surface area contributed by atoms with Crippen LogP contribution >= 0.6 is 0 Å². The molecule has 0 spiro atoms. The van der Waals surface area contributed by atoms with Gasteiger partial charge in [0.25, 0.3) is 0 Å². The summed E-state index contributed by atoms with van der Waals surface area (Å²) in [5.41, 5.74) is 5.02. The number of aryl methyl sites for hydroxylation is 1. The zero-order chi connectivity index (χ0) is 15.1. The fourth-order valence-corrected chi connectivity index (χ4v) is 3.11. The average molecular weight is 285 g/mol. The minimum absolute atomic E-state index is 0.700. The fourth-order valence-electron chi connectivity index (χ4n) is 3.11. The molecule has 0 bridgehead atoms. The number of pyridine rings is 1. The Hall–Kier alpha value is -2.87. The van der Waals surface area contributed by atoms with E-state index >= 15 is 0 Å². The van der Waals surface area contributed by atoms with E-state index in [1.54, 1.807) is 0 Å². The standard InChI is InChI=1S/C20H15NO/c1-14-9-10-21-16(11-14)12-19(20(21)13-22)18-8-4-6-15-5-2-3-7-17(15)18/h2-13H,1H3. The monoisotopic (exact) mass is 285 g/mol. The molecule has 0 fully saturated rings. The van der Waals surface area contributed by atoms with Crippen LogP contribution in [0.15, 0.2) is 66.9 Å². The molecule has 0 saturated carbocycles. The number of nitrogens with zero attached hydrogens (tertiary/aromatic N) is 1. The van der Waals surface area contributed by atoms with Crippen LogP contribution < -0.4 is 0 Å². The van der Waals surface area contributed by atoms with Crippen LogP contribution in [0.5, 0.6) is 0 Å². The second-order valence-electron chi connectivity index (χ2n) is 5.59. The molecule has 2 aromatic heterocycles. The minimum atomic E-state index is 0.700. The molecule has 0 aliphatic rings. The summed E-state index contributed by atoms with van der Waals surface area (Å²) in [6.45, 7) is 2.06. The highest BCUT2D eigenvalue weighted by Gasteiger charge is 2.13. The van der Waals surface area contributed by atoms with Crippen LogP contribution in [0.1, 0.15) is 16.1 Å². The normalized spacial score (nSPS) is 11.1. The molecule has 0 radical (unpaired) electrons. The SMILES string of the molecule is Cc1ccn2c(C=O)c(-c3cccc4ccccc34)cc2c1. The predicted molar refractivity (Wildman–Crippen MR) is 90.5 cm³/mol. The van der Waals surface area contributed by atoms with Crippen LogP contribution in [-0.4, -0.2) is 10.7 Å². The number of hydrogen-bond donors (Lipinski definition) is 0. The summed E-state index contributed by atoms with van der Waals surface area (Å²) < 4.78 is 1.96. The maximum absolute atomic E-state index is 11.7. The summed E-state index contributed by atoms with van der Waals surface area (Å²) in [7, 11) is 0.